The highest BCUT2D eigenvalue weighted by molar-refractivity contribution is 6.31. The summed E-state index contributed by atoms with van der Waals surface area (Å²) in [6.07, 6.45) is 1.23. The van der Waals surface area contributed by atoms with Gasteiger partial charge in [-0.15, -0.1) is 0 Å². The number of anilines is 1. The van der Waals surface area contributed by atoms with Gasteiger partial charge in [-0.05, 0) is 44.5 Å². The van der Waals surface area contributed by atoms with E-state index in [1.165, 1.54) is 25.1 Å². The molecule has 8 nitrogen and oxygen atoms in total. The van der Waals surface area contributed by atoms with Crippen LogP contribution in [-0.4, -0.2) is 43.5 Å². The Labute approximate surface area is 163 Å². The number of urea groups is 1. The molecule has 1 saturated heterocycles. The van der Waals surface area contributed by atoms with Gasteiger partial charge in [0, 0.05) is 25.2 Å². The van der Waals surface area contributed by atoms with Crippen LogP contribution in [0.1, 0.15) is 26.7 Å². The minimum atomic E-state index is -0.542. The Balaban J connectivity index is 1.76. The topological polar surface area (TPSA) is 106 Å². The van der Waals surface area contributed by atoms with Crippen LogP contribution < -0.4 is 31.9 Å². The number of benzene rings is 1. The van der Waals surface area contributed by atoms with E-state index >= 15 is 0 Å². The van der Waals surface area contributed by atoms with Crippen molar-refractivity contribution in [3.63, 3.8) is 0 Å². The van der Waals surface area contributed by atoms with Gasteiger partial charge in [0.25, 0.3) is 0 Å². The molecule has 10 heteroatoms. The summed E-state index contributed by atoms with van der Waals surface area (Å²) in [5.74, 6) is -0.583. The van der Waals surface area contributed by atoms with E-state index in [1.54, 1.807) is 0 Å². The normalized spacial score (nSPS) is 22.1. The number of amides is 3. The van der Waals surface area contributed by atoms with Gasteiger partial charge in [-0.2, -0.15) is 0 Å². The summed E-state index contributed by atoms with van der Waals surface area (Å²) in [6, 6.07) is 3.72. The van der Waals surface area contributed by atoms with Crippen molar-refractivity contribution >= 4 is 29.2 Å². The van der Waals surface area contributed by atoms with Gasteiger partial charge < -0.3 is 21.3 Å². The van der Waals surface area contributed by atoms with E-state index in [9.17, 15) is 14.0 Å². The number of carbonyl (C=O) groups excluding carboxylic acids is 2. The summed E-state index contributed by atoms with van der Waals surface area (Å²) in [5, 5.41) is 17.9. The molecule has 27 heavy (non-hydrogen) atoms. The highest BCUT2D eigenvalue weighted by Crippen LogP contribution is 2.19. The molecule has 3 amide bonds. The van der Waals surface area contributed by atoms with Crippen molar-refractivity contribution in [2.45, 2.75) is 45.2 Å². The van der Waals surface area contributed by atoms with E-state index in [4.69, 9.17) is 11.6 Å². The van der Waals surface area contributed by atoms with Gasteiger partial charge in [0.05, 0.1) is 11.2 Å². The fourth-order valence-corrected chi connectivity index (χ4v) is 2.93. The maximum atomic E-state index is 13.2. The summed E-state index contributed by atoms with van der Waals surface area (Å²) in [6.45, 7) is 4.87. The van der Waals surface area contributed by atoms with E-state index < -0.39 is 18.1 Å². The third kappa shape index (κ3) is 7.67. The Bertz CT molecular complexity index is 662. The molecule has 0 saturated carbocycles. The van der Waals surface area contributed by atoms with Crippen molar-refractivity contribution in [2.75, 3.05) is 18.4 Å². The van der Waals surface area contributed by atoms with Crippen molar-refractivity contribution in [3.8, 4) is 0 Å². The quantitative estimate of drug-likeness (QED) is 0.387. The Morgan fingerprint density at radius 1 is 1.30 bits per heavy atom. The second-order valence-corrected chi connectivity index (χ2v) is 6.88. The van der Waals surface area contributed by atoms with Crippen molar-refractivity contribution in [3.05, 3.63) is 29.0 Å². The molecule has 2 rings (SSSR count). The van der Waals surface area contributed by atoms with Crippen LogP contribution in [0.2, 0.25) is 5.02 Å². The number of carbonyl (C=O) groups is 2. The molecule has 1 aromatic carbocycles. The van der Waals surface area contributed by atoms with Crippen LogP contribution in [0.3, 0.4) is 0 Å². The summed E-state index contributed by atoms with van der Waals surface area (Å²) in [5.41, 5.74) is 0.399. The van der Waals surface area contributed by atoms with Crippen molar-refractivity contribution < 1.29 is 14.0 Å². The zero-order chi connectivity index (χ0) is 19.8. The molecule has 0 spiro atoms. The second-order valence-electron chi connectivity index (χ2n) is 6.47. The molecule has 1 aliphatic heterocycles. The first-order chi connectivity index (χ1) is 12.8. The van der Waals surface area contributed by atoms with Crippen LogP contribution >= 0.6 is 11.6 Å². The largest absolute Gasteiger partial charge is 0.356 e. The molecular formula is C17H26ClFN6O2. The van der Waals surface area contributed by atoms with Crippen LogP contribution in [-0.2, 0) is 4.79 Å². The molecule has 0 radical (unpaired) electrons. The van der Waals surface area contributed by atoms with Gasteiger partial charge >= 0.3 is 6.03 Å². The molecule has 0 bridgehead atoms. The molecule has 6 N–H and O–H groups in total. The molecule has 3 unspecified atom stereocenters. The lowest BCUT2D eigenvalue weighted by Crippen LogP contribution is -2.67. The summed E-state index contributed by atoms with van der Waals surface area (Å²) >= 11 is 5.71. The van der Waals surface area contributed by atoms with Gasteiger partial charge in [-0.3, -0.25) is 15.4 Å². The molecule has 150 valence electrons. The number of hydrogen-bond acceptors (Lipinski definition) is 5. The molecule has 0 aliphatic carbocycles. The van der Waals surface area contributed by atoms with Gasteiger partial charge in [-0.25, -0.2) is 9.18 Å². The first-order valence-corrected chi connectivity index (χ1v) is 9.24. The van der Waals surface area contributed by atoms with Gasteiger partial charge in [0.15, 0.2) is 0 Å². The molecule has 1 aliphatic rings. The lowest BCUT2D eigenvalue weighted by Gasteiger charge is -2.36. The number of hydrogen-bond donors (Lipinski definition) is 6. The number of nitrogens with one attached hydrogen (secondary N) is 6. The maximum Gasteiger partial charge on any atom is 0.321 e. The van der Waals surface area contributed by atoms with E-state index in [-0.39, 0.29) is 23.1 Å². The van der Waals surface area contributed by atoms with E-state index in [2.05, 4.69) is 31.9 Å². The third-order valence-corrected chi connectivity index (χ3v) is 4.27. The van der Waals surface area contributed by atoms with Gasteiger partial charge in [0.2, 0.25) is 5.91 Å². The zero-order valence-electron chi connectivity index (χ0n) is 15.4. The first kappa shape index (κ1) is 21.4. The van der Waals surface area contributed by atoms with Crippen LogP contribution in [0.15, 0.2) is 18.2 Å². The Morgan fingerprint density at radius 2 is 2.07 bits per heavy atom. The summed E-state index contributed by atoms with van der Waals surface area (Å²) in [7, 11) is 0. The second kappa shape index (κ2) is 10.4. The van der Waals surface area contributed by atoms with Crippen LogP contribution in [0.25, 0.3) is 0 Å². The molecule has 1 heterocycles. The van der Waals surface area contributed by atoms with E-state index in [0.29, 0.717) is 12.2 Å². The van der Waals surface area contributed by atoms with Crippen molar-refractivity contribution in [1.82, 2.24) is 26.6 Å². The van der Waals surface area contributed by atoms with Crippen LogP contribution in [0.4, 0.5) is 14.9 Å². The van der Waals surface area contributed by atoms with E-state index in [0.717, 1.165) is 19.4 Å². The standard InChI is InChI=1S/C17H26ClFN6O2/c1-10-8-15(21-7-3-6-20-11(2)26)24-16(22-10)25-17(27)23-12-4-5-14(19)13(18)9-12/h4-5,9-10,15-16,21-22,24H,3,6-8H2,1-2H3,(H,20,26)(H2,23,25,27). The van der Waals surface area contributed by atoms with E-state index in [1.807, 2.05) is 6.92 Å². The minimum absolute atomic E-state index is 0.0177. The highest BCUT2D eigenvalue weighted by atomic mass is 35.5. The third-order valence-electron chi connectivity index (χ3n) is 3.98. The molecule has 3 atom stereocenters. The smallest absolute Gasteiger partial charge is 0.321 e. The summed E-state index contributed by atoms with van der Waals surface area (Å²) < 4.78 is 13.2. The summed E-state index contributed by atoms with van der Waals surface area (Å²) in [4.78, 5) is 23.0. The minimum Gasteiger partial charge on any atom is -0.356 e. The molecule has 1 aromatic rings. The zero-order valence-corrected chi connectivity index (χ0v) is 16.1. The SMILES string of the molecule is CC(=O)NCCCNC1CC(C)NC(NC(=O)Nc2ccc(F)c(Cl)c2)N1. The predicted molar refractivity (Wildman–Crippen MR) is 103 cm³/mol. The van der Waals surface area contributed by atoms with Gasteiger partial charge in [-0.1, -0.05) is 11.6 Å². The lowest BCUT2D eigenvalue weighted by atomic mass is 10.1. The lowest BCUT2D eigenvalue weighted by molar-refractivity contribution is -0.118. The van der Waals surface area contributed by atoms with Crippen LogP contribution in [0, 0.1) is 5.82 Å². The Kier molecular flexibility index (Phi) is 8.23. The molecular weight excluding hydrogens is 375 g/mol. The van der Waals surface area contributed by atoms with Gasteiger partial charge in [0.1, 0.15) is 12.1 Å². The van der Waals surface area contributed by atoms with Crippen molar-refractivity contribution in [2.24, 2.45) is 0 Å². The first-order valence-electron chi connectivity index (χ1n) is 8.86. The Hall–Kier alpha value is -1.94. The number of rotatable bonds is 7. The average molecular weight is 401 g/mol. The average Bonchev–Trinajstić information content (AvgIpc) is 2.57. The highest BCUT2D eigenvalue weighted by Gasteiger charge is 2.25. The molecule has 1 fully saturated rings. The van der Waals surface area contributed by atoms with Crippen LogP contribution in [0.5, 0.6) is 0 Å². The Morgan fingerprint density at radius 3 is 2.78 bits per heavy atom. The number of halogens is 2. The fourth-order valence-electron chi connectivity index (χ4n) is 2.75. The monoisotopic (exact) mass is 400 g/mol. The maximum absolute atomic E-state index is 13.2. The fraction of sp³-hybridized carbons (Fsp3) is 0.529. The van der Waals surface area contributed by atoms with Crippen molar-refractivity contribution in [1.29, 1.82) is 0 Å². The molecule has 0 aromatic heterocycles. The predicted octanol–water partition coefficient (Wildman–Crippen LogP) is 1.30.